The summed E-state index contributed by atoms with van der Waals surface area (Å²) in [6.07, 6.45) is 14.7. The van der Waals surface area contributed by atoms with Gasteiger partial charge in [-0.05, 0) is 36.8 Å². The number of hydrogen-bond acceptors (Lipinski definition) is 5. The molecule has 158 valence electrons. The second-order valence-electron chi connectivity index (χ2n) is 7.93. The zero-order valence-electron chi connectivity index (χ0n) is 17.8. The predicted molar refractivity (Wildman–Crippen MR) is 109 cm³/mol. The number of nitro groups is 1. The summed E-state index contributed by atoms with van der Waals surface area (Å²) >= 11 is 0. The molecule has 1 aromatic carbocycles. The number of nitrogens with zero attached hydrogens (tertiary/aromatic N) is 1. The van der Waals surface area contributed by atoms with Crippen LogP contribution in [-0.4, -0.2) is 17.9 Å². The third kappa shape index (κ3) is 8.29. The number of hydrogen-bond donors (Lipinski definition) is 0. The SMILES string of the molecule is CCCCCCCCCCCCC1CCc2c1cc(S(=O)(=O)[O-])cc2[N+](=O)[O-].[Na+]. The van der Waals surface area contributed by atoms with Crippen molar-refractivity contribution in [1.29, 1.82) is 0 Å². The van der Waals surface area contributed by atoms with Crippen molar-refractivity contribution in [2.75, 3.05) is 0 Å². The first-order chi connectivity index (χ1) is 13.3. The maximum Gasteiger partial charge on any atom is 1.00 e. The summed E-state index contributed by atoms with van der Waals surface area (Å²) in [6.45, 7) is 2.22. The van der Waals surface area contributed by atoms with E-state index in [1.54, 1.807) is 0 Å². The first kappa shape index (κ1) is 26.6. The van der Waals surface area contributed by atoms with Gasteiger partial charge in [0, 0.05) is 11.6 Å². The fourth-order valence-corrected chi connectivity index (χ4v) is 4.78. The molecule has 1 atom stereocenters. The summed E-state index contributed by atoms with van der Waals surface area (Å²) in [5.41, 5.74) is 1.08. The van der Waals surface area contributed by atoms with Crippen LogP contribution in [0.1, 0.15) is 101 Å². The molecule has 0 amide bonds. The van der Waals surface area contributed by atoms with Crippen LogP contribution >= 0.6 is 0 Å². The van der Waals surface area contributed by atoms with Crippen molar-refractivity contribution in [2.45, 2.75) is 101 Å². The molecule has 0 spiro atoms. The quantitative estimate of drug-likeness (QED) is 0.157. The van der Waals surface area contributed by atoms with Gasteiger partial charge in [0.15, 0.2) is 0 Å². The zero-order valence-corrected chi connectivity index (χ0v) is 20.6. The van der Waals surface area contributed by atoms with E-state index in [0.29, 0.717) is 17.5 Å². The average Bonchev–Trinajstić information content (AvgIpc) is 3.04. The van der Waals surface area contributed by atoms with E-state index in [0.717, 1.165) is 31.7 Å². The standard InChI is InChI=1S/C21H33NO5S.Na/c1-2-3-4-5-6-7-8-9-10-11-12-17-13-14-19-20(17)15-18(28(25,26)27)16-21(19)22(23)24;/h15-17H,2-14H2,1H3,(H,25,26,27);/q;+1/p-1. The van der Waals surface area contributed by atoms with Gasteiger partial charge in [-0.3, -0.25) is 10.1 Å². The minimum absolute atomic E-state index is 0. The van der Waals surface area contributed by atoms with Gasteiger partial charge in [-0.25, -0.2) is 8.42 Å². The number of rotatable bonds is 13. The second-order valence-corrected chi connectivity index (χ2v) is 9.31. The van der Waals surface area contributed by atoms with Crippen molar-refractivity contribution in [3.63, 3.8) is 0 Å². The number of benzene rings is 1. The maximum absolute atomic E-state index is 11.4. The third-order valence-electron chi connectivity index (χ3n) is 5.81. The number of nitro benzene ring substituents is 1. The molecule has 2 rings (SSSR count). The Labute approximate surface area is 197 Å². The Bertz CT molecular complexity index is 767. The molecular formula is C21H32NNaO5S. The number of unbranched alkanes of at least 4 members (excludes halogenated alkanes) is 9. The van der Waals surface area contributed by atoms with E-state index < -0.39 is 19.9 Å². The molecule has 8 heteroatoms. The topological polar surface area (TPSA) is 100 Å². The molecule has 0 aliphatic heterocycles. The summed E-state index contributed by atoms with van der Waals surface area (Å²) < 4.78 is 34.1. The van der Waals surface area contributed by atoms with E-state index in [9.17, 15) is 23.1 Å². The van der Waals surface area contributed by atoms with Crippen LogP contribution in [-0.2, 0) is 16.5 Å². The van der Waals surface area contributed by atoms with Crippen LogP contribution < -0.4 is 29.6 Å². The molecule has 1 unspecified atom stereocenters. The molecule has 0 saturated carbocycles. The first-order valence-corrected chi connectivity index (χ1v) is 12.0. The number of fused-ring (bicyclic) bond motifs is 1. The zero-order chi connectivity index (χ0) is 20.6. The van der Waals surface area contributed by atoms with Gasteiger partial charge in [0.25, 0.3) is 5.69 Å². The maximum atomic E-state index is 11.4. The molecule has 1 aliphatic carbocycles. The summed E-state index contributed by atoms with van der Waals surface area (Å²) in [6, 6.07) is 2.29. The van der Waals surface area contributed by atoms with Crippen LogP contribution in [0.3, 0.4) is 0 Å². The van der Waals surface area contributed by atoms with Crippen LogP contribution in [0.4, 0.5) is 5.69 Å². The van der Waals surface area contributed by atoms with E-state index >= 15 is 0 Å². The van der Waals surface area contributed by atoms with E-state index in [2.05, 4.69) is 6.92 Å². The van der Waals surface area contributed by atoms with Crippen molar-refractivity contribution in [2.24, 2.45) is 0 Å². The van der Waals surface area contributed by atoms with Crippen molar-refractivity contribution in [1.82, 2.24) is 0 Å². The third-order valence-corrected chi connectivity index (χ3v) is 6.62. The van der Waals surface area contributed by atoms with Gasteiger partial charge in [-0.15, -0.1) is 0 Å². The largest absolute Gasteiger partial charge is 1.00 e. The average molecular weight is 434 g/mol. The minimum atomic E-state index is -4.70. The van der Waals surface area contributed by atoms with Crippen LogP contribution in [0.15, 0.2) is 17.0 Å². The van der Waals surface area contributed by atoms with Gasteiger partial charge in [0.1, 0.15) is 10.1 Å². The summed E-state index contributed by atoms with van der Waals surface area (Å²) in [7, 11) is -4.70. The van der Waals surface area contributed by atoms with Gasteiger partial charge >= 0.3 is 29.6 Å². The molecule has 0 fully saturated rings. The van der Waals surface area contributed by atoms with Crippen molar-refractivity contribution in [3.05, 3.63) is 33.4 Å². The molecule has 1 aliphatic rings. The van der Waals surface area contributed by atoms with Gasteiger partial charge < -0.3 is 4.55 Å². The molecule has 0 saturated heterocycles. The Morgan fingerprint density at radius 3 is 2.07 bits per heavy atom. The smallest absolute Gasteiger partial charge is 0.744 e. The molecule has 0 radical (unpaired) electrons. The molecule has 0 heterocycles. The molecular weight excluding hydrogens is 401 g/mol. The Hall–Kier alpha value is -0.470. The molecule has 6 nitrogen and oxygen atoms in total. The summed E-state index contributed by atoms with van der Waals surface area (Å²) in [4.78, 5) is 10.2. The molecule has 29 heavy (non-hydrogen) atoms. The van der Waals surface area contributed by atoms with Crippen LogP contribution in [0.2, 0.25) is 0 Å². The monoisotopic (exact) mass is 433 g/mol. The van der Waals surface area contributed by atoms with Gasteiger partial charge in [-0.2, -0.15) is 0 Å². The van der Waals surface area contributed by atoms with E-state index in [4.69, 9.17) is 0 Å². The minimum Gasteiger partial charge on any atom is -0.744 e. The van der Waals surface area contributed by atoms with Crippen molar-refractivity contribution < 1.29 is 47.5 Å². The second kappa shape index (κ2) is 13.1. The molecule has 0 aromatic heterocycles. The Morgan fingerprint density at radius 1 is 1.00 bits per heavy atom. The predicted octanol–water partition coefficient (Wildman–Crippen LogP) is 2.84. The van der Waals surface area contributed by atoms with Gasteiger partial charge in [0.05, 0.1) is 9.82 Å². The molecule has 1 aromatic rings. The van der Waals surface area contributed by atoms with E-state index in [-0.39, 0.29) is 41.2 Å². The molecule has 0 N–H and O–H groups in total. The van der Waals surface area contributed by atoms with E-state index in [1.807, 2.05) is 0 Å². The van der Waals surface area contributed by atoms with Crippen molar-refractivity contribution >= 4 is 15.8 Å². The fraction of sp³-hybridized carbons (Fsp3) is 0.714. The Morgan fingerprint density at radius 2 is 1.55 bits per heavy atom. The van der Waals surface area contributed by atoms with Crippen LogP contribution in [0, 0.1) is 10.1 Å². The van der Waals surface area contributed by atoms with Crippen LogP contribution in [0.5, 0.6) is 0 Å². The van der Waals surface area contributed by atoms with Crippen LogP contribution in [0.25, 0.3) is 0 Å². The normalized spacial score (nSPS) is 15.7. The van der Waals surface area contributed by atoms with E-state index in [1.165, 1.54) is 57.4 Å². The first-order valence-electron chi connectivity index (χ1n) is 10.6. The van der Waals surface area contributed by atoms with Gasteiger partial charge in [0.2, 0.25) is 0 Å². The Kier molecular flexibility index (Phi) is 12.0. The Balaban J connectivity index is 0.00000420. The summed E-state index contributed by atoms with van der Waals surface area (Å²) in [5, 5.41) is 11.3. The summed E-state index contributed by atoms with van der Waals surface area (Å²) in [5.74, 6) is 0.115. The fourth-order valence-electron chi connectivity index (χ4n) is 4.25. The van der Waals surface area contributed by atoms with Gasteiger partial charge in [-0.1, -0.05) is 71.1 Å². The molecule has 0 bridgehead atoms. The van der Waals surface area contributed by atoms with Crippen molar-refractivity contribution in [3.8, 4) is 0 Å².